The van der Waals surface area contributed by atoms with Gasteiger partial charge in [-0.05, 0) is 31.0 Å². The maximum Gasteiger partial charge on any atom is 0.149 e. The molecule has 0 amide bonds. The molecule has 0 saturated heterocycles. The van der Waals surface area contributed by atoms with E-state index in [1.807, 2.05) is 37.4 Å². The summed E-state index contributed by atoms with van der Waals surface area (Å²) in [5, 5.41) is 3.32. The summed E-state index contributed by atoms with van der Waals surface area (Å²) in [5.74, 6) is 0.743. The SMILES string of the molecule is Cc1cnc(NC(C)c2ccccc2)c(N)c1. The van der Waals surface area contributed by atoms with Crippen LogP contribution in [0.4, 0.5) is 11.5 Å². The third-order valence-corrected chi connectivity index (χ3v) is 2.71. The van der Waals surface area contributed by atoms with Gasteiger partial charge in [-0.3, -0.25) is 0 Å². The van der Waals surface area contributed by atoms with E-state index in [1.165, 1.54) is 5.56 Å². The lowest BCUT2D eigenvalue weighted by atomic mass is 10.1. The third-order valence-electron chi connectivity index (χ3n) is 2.71. The Kier molecular flexibility index (Phi) is 3.28. The summed E-state index contributed by atoms with van der Waals surface area (Å²) < 4.78 is 0. The highest BCUT2D eigenvalue weighted by atomic mass is 15.0. The molecular formula is C14H17N3. The Morgan fingerprint density at radius 1 is 1.24 bits per heavy atom. The Morgan fingerprint density at radius 2 is 1.94 bits per heavy atom. The van der Waals surface area contributed by atoms with Crippen molar-refractivity contribution < 1.29 is 0 Å². The Balaban J connectivity index is 2.16. The van der Waals surface area contributed by atoms with Crippen molar-refractivity contribution in [1.82, 2.24) is 4.98 Å². The molecular weight excluding hydrogens is 210 g/mol. The molecule has 17 heavy (non-hydrogen) atoms. The van der Waals surface area contributed by atoms with E-state index in [1.54, 1.807) is 0 Å². The van der Waals surface area contributed by atoms with Gasteiger partial charge in [0.05, 0.1) is 11.7 Å². The highest BCUT2D eigenvalue weighted by Crippen LogP contribution is 2.22. The van der Waals surface area contributed by atoms with E-state index in [0.717, 1.165) is 11.4 Å². The minimum Gasteiger partial charge on any atom is -0.396 e. The van der Waals surface area contributed by atoms with E-state index in [9.17, 15) is 0 Å². The number of rotatable bonds is 3. The van der Waals surface area contributed by atoms with E-state index in [2.05, 4.69) is 29.4 Å². The molecule has 2 aromatic rings. The first kappa shape index (κ1) is 11.5. The van der Waals surface area contributed by atoms with Crippen LogP contribution in [-0.2, 0) is 0 Å². The van der Waals surface area contributed by atoms with Gasteiger partial charge in [0.25, 0.3) is 0 Å². The third kappa shape index (κ3) is 2.75. The summed E-state index contributed by atoms with van der Waals surface area (Å²) >= 11 is 0. The summed E-state index contributed by atoms with van der Waals surface area (Å²) in [4.78, 5) is 4.31. The van der Waals surface area contributed by atoms with Crippen LogP contribution in [0.25, 0.3) is 0 Å². The van der Waals surface area contributed by atoms with Crippen LogP contribution in [0.5, 0.6) is 0 Å². The minimum atomic E-state index is 0.189. The van der Waals surface area contributed by atoms with E-state index in [-0.39, 0.29) is 6.04 Å². The Hall–Kier alpha value is -2.03. The van der Waals surface area contributed by atoms with Gasteiger partial charge >= 0.3 is 0 Å². The Morgan fingerprint density at radius 3 is 2.59 bits per heavy atom. The van der Waals surface area contributed by atoms with Crippen LogP contribution in [0.1, 0.15) is 24.1 Å². The van der Waals surface area contributed by atoms with Crippen molar-refractivity contribution >= 4 is 11.5 Å². The number of nitrogens with zero attached hydrogens (tertiary/aromatic N) is 1. The van der Waals surface area contributed by atoms with E-state index < -0.39 is 0 Å². The molecule has 1 atom stereocenters. The maximum absolute atomic E-state index is 5.92. The van der Waals surface area contributed by atoms with Crippen molar-refractivity contribution in [3.63, 3.8) is 0 Å². The molecule has 0 radical (unpaired) electrons. The van der Waals surface area contributed by atoms with Gasteiger partial charge in [0.2, 0.25) is 0 Å². The zero-order chi connectivity index (χ0) is 12.3. The number of hydrogen-bond acceptors (Lipinski definition) is 3. The zero-order valence-electron chi connectivity index (χ0n) is 10.1. The summed E-state index contributed by atoms with van der Waals surface area (Å²) in [6.45, 7) is 4.07. The van der Waals surface area contributed by atoms with Crippen molar-refractivity contribution in [2.24, 2.45) is 0 Å². The monoisotopic (exact) mass is 227 g/mol. The smallest absolute Gasteiger partial charge is 0.149 e. The van der Waals surface area contributed by atoms with Gasteiger partial charge in [0.1, 0.15) is 5.82 Å². The standard InChI is InChI=1S/C14H17N3/c1-10-8-13(15)14(16-9-10)17-11(2)12-6-4-3-5-7-12/h3-9,11H,15H2,1-2H3,(H,16,17). The second-order valence-electron chi connectivity index (χ2n) is 4.23. The lowest BCUT2D eigenvalue weighted by molar-refractivity contribution is 0.875. The van der Waals surface area contributed by atoms with Crippen molar-refractivity contribution in [2.75, 3.05) is 11.1 Å². The van der Waals surface area contributed by atoms with Crippen LogP contribution < -0.4 is 11.1 Å². The summed E-state index contributed by atoms with van der Waals surface area (Å²) in [5.41, 5.74) is 8.90. The predicted molar refractivity (Wildman–Crippen MR) is 71.9 cm³/mol. The number of nitrogens with two attached hydrogens (primary N) is 1. The number of pyridine rings is 1. The molecule has 3 heteroatoms. The van der Waals surface area contributed by atoms with Gasteiger partial charge in [0.15, 0.2) is 0 Å². The predicted octanol–water partition coefficient (Wildman–Crippen LogP) is 3.15. The van der Waals surface area contributed by atoms with Crippen LogP contribution in [-0.4, -0.2) is 4.98 Å². The number of nitrogens with one attached hydrogen (secondary N) is 1. The van der Waals surface area contributed by atoms with Crippen LogP contribution >= 0.6 is 0 Å². The lowest BCUT2D eigenvalue weighted by Gasteiger charge is -2.16. The normalized spacial score (nSPS) is 12.1. The van der Waals surface area contributed by atoms with Crippen molar-refractivity contribution in [2.45, 2.75) is 19.9 Å². The molecule has 3 N–H and O–H groups in total. The fourth-order valence-electron chi connectivity index (χ4n) is 1.74. The fraction of sp³-hybridized carbons (Fsp3) is 0.214. The zero-order valence-corrected chi connectivity index (χ0v) is 10.1. The minimum absolute atomic E-state index is 0.189. The first-order valence-corrected chi connectivity index (χ1v) is 5.70. The molecule has 2 rings (SSSR count). The number of nitrogen functional groups attached to an aromatic ring is 1. The molecule has 1 aromatic heterocycles. The molecule has 1 heterocycles. The molecule has 0 spiro atoms. The van der Waals surface area contributed by atoms with Gasteiger partial charge in [0, 0.05) is 6.20 Å². The largest absolute Gasteiger partial charge is 0.396 e. The highest BCUT2D eigenvalue weighted by Gasteiger charge is 2.07. The first-order chi connectivity index (χ1) is 8.16. The van der Waals surface area contributed by atoms with E-state index >= 15 is 0 Å². The number of anilines is 2. The van der Waals surface area contributed by atoms with Gasteiger partial charge in [-0.2, -0.15) is 0 Å². The van der Waals surface area contributed by atoms with Gasteiger partial charge in [-0.1, -0.05) is 30.3 Å². The van der Waals surface area contributed by atoms with Crippen LogP contribution in [0.15, 0.2) is 42.6 Å². The average molecular weight is 227 g/mol. The van der Waals surface area contributed by atoms with Crippen molar-refractivity contribution in [1.29, 1.82) is 0 Å². The van der Waals surface area contributed by atoms with E-state index in [0.29, 0.717) is 5.69 Å². The Bertz CT molecular complexity index is 494. The molecule has 0 aliphatic carbocycles. The number of benzene rings is 1. The fourth-order valence-corrected chi connectivity index (χ4v) is 1.74. The van der Waals surface area contributed by atoms with E-state index in [4.69, 9.17) is 5.73 Å². The highest BCUT2D eigenvalue weighted by molar-refractivity contribution is 5.62. The molecule has 1 unspecified atom stereocenters. The molecule has 1 aromatic carbocycles. The van der Waals surface area contributed by atoms with Crippen LogP contribution in [0.2, 0.25) is 0 Å². The summed E-state index contributed by atoms with van der Waals surface area (Å²) in [6.07, 6.45) is 1.82. The molecule has 0 bridgehead atoms. The molecule has 0 fully saturated rings. The summed E-state index contributed by atoms with van der Waals surface area (Å²) in [7, 11) is 0. The average Bonchev–Trinajstić information content (AvgIpc) is 2.34. The quantitative estimate of drug-likeness (QED) is 0.847. The number of aromatic nitrogens is 1. The molecule has 0 aliphatic rings. The molecule has 0 aliphatic heterocycles. The first-order valence-electron chi connectivity index (χ1n) is 5.70. The topological polar surface area (TPSA) is 50.9 Å². The lowest BCUT2D eigenvalue weighted by Crippen LogP contribution is -2.09. The second-order valence-corrected chi connectivity index (χ2v) is 4.23. The Labute approximate surface area is 102 Å². The summed E-state index contributed by atoms with van der Waals surface area (Å²) in [6, 6.07) is 12.3. The van der Waals surface area contributed by atoms with Crippen molar-refractivity contribution in [3.8, 4) is 0 Å². The molecule has 0 saturated carbocycles. The number of hydrogen-bond donors (Lipinski definition) is 2. The molecule has 88 valence electrons. The van der Waals surface area contributed by atoms with Crippen LogP contribution in [0.3, 0.4) is 0 Å². The van der Waals surface area contributed by atoms with Crippen LogP contribution in [0, 0.1) is 6.92 Å². The van der Waals surface area contributed by atoms with Gasteiger partial charge in [-0.15, -0.1) is 0 Å². The van der Waals surface area contributed by atoms with Gasteiger partial charge in [-0.25, -0.2) is 4.98 Å². The molecule has 3 nitrogen and oxygen atoms in total. The van der Waals surface area contributed by atoms with Gasteiger partial charge < -0.3 is 11.1 Å². The number of aryl methyl sites for hydroxylation is 1. The van der Waals surface area contributed by atoms with Crippen molar-refractivity contribution in [3.05, 3.63) is 53.7 Å². The second kappa shape index (κ2) is 4.87. The maximum atomic E-state index is 5.92.